The van der Waals surface area contributed by atoms with Crippen molar-refractivity contribution in [1.82, 2.24) is 0 Å². The molecule has 0 N–H and O–H groups in total. The standard InChI is InChI=1S/C18H23NO6S/c1-6-19(13-7-9-15(22-2)17(11-13)24-4)26(20,21)14-8-10-16(23-3)18(12-14)25-5/h7-12H,6H2,1-5H3. The van der Waals surface area contributed by atoms with Crippen LogP contribution in [0.15, 0.2) is 41.3 Å². The second-order valence-electron chi connectivity index (χ2n) is 5.23. The molecular weight excluding hydrogens is 358 g/mol. The van der Waals surface area contributed by atoms with Gasteiger partial charge in [-0.05, 0) is 31.2 Å². The zero-order valence-electron chi connectivity index (χ0n) is 15.5. The van der Waals surface area contributed by atoms with E-state index in [2.05, 4.69) is 0 Å². The van der Waals surface area contributed by atoms with Crippen molar-refractivity contribution in [2.45, 2.75) is 11.8 Å². The minimum absolute atomic E-state index is 0.104. The third-order valence-electron chi connectivity index (χ3n) is 3.89. The van der Waals surface area contributed by atoms with Crippen LogP contribution in [-0.4, -0.2) is 43.4 Å². The van der Waals surface area contributed by atoms with Crippen molar-refractivity contribution in [3.8, 4) is 23.0 Å². The molecule has 0 aliphatic heterocycles. The van der Waals surface area contributed by atoms with Crippen LogP contribution in [0.4, 0.5) is 5.69 Å². The third-order valence-corrected chi connectivity index (χ3v) is 5.78. The van der Waals surface area contributed by atoms with Gasteiger partial charge in [-0.15, -0.1) is 0 Å². The minimum Gasteiger partial charge on any atom is -0.493 e. The zero-order valence-corrected chi connectivity index (χ0v) is 16.3. The molecule has 0 bridgehead atoms. The van der Waals surface area contributed by atoms with Crippen LogP contribution in [0.2, 0.25) is 0 Å². The van der Waals surface area contributed by atoms with Gasteiger partial charge in [0.25, 0.3) is 10.0 Å². The van der Waals surface area contributed by atoms with E-state index in [0.29, 0.717) is 28.7 Å². The topological polar surface area (TPSA) is 74.3 Å². The number of methoxy groups -OCH3 is 4. The summed E-state index contributed by atoms with van der Waals surface area (Å²) in [6.07, 6.45) is 0. The Hall–Kier alpha value is -2.61. The Labute approximate surface area is 154 Å². The van der Waals surface area contributed by atoms with E-state index in [1.54, 1.807) is 31.2 Å². The Morgan fingerprint density at radius 2 is 1.27 bits per heavy atom. The quantitative estimate of drug-likeness (QED) is 0.700. The van der Waals surface area contributed by atoms with Gasteiger partial charge < -0.3 is 18.9 Å². The van der Waals surface area contributed by atoms with E-state index in [9.17, 15) is 8.42 Å². The first kappa shape index (κ1) is 19.7. The minimum atomic E-state index is -3.80. The number of benzene rings is 2. The van der Waals surface area contributed by atoms with E-state index in [0.717, 1.165) is 0 Å². The smallest absolute Gasteiger partial charge is 0.264 e. The maximum Gasteiger partial charge on any atom is 0.264 e. The Kier molecular flexibility index (Phi) is 6.20. The molecule has 0 aliphatic rings. The van der Waals surface area contributed by atoms with Crippen LogP contribution in [0.5, 0.6) is 23.0 Å². The number of nitrogens with zero attached hydrogens (tertiary/aromatic N) is 1. The monoisotopic (exact) mass is 381 g/mol. The Bertz CT molecular complexity index is 866. The molecule has 142 valence electrons. The molecule has 0 saturated carbocycles. The Balaban J connectivity index is 2.52. The average molecular weight is 381 g/mol. The van der Waals surface area contributed by atoms with Crippen molar-refractivity contribution in [1.29, 1.82) is 0 Å². The number of hydrogen-bond acceptors (Lipinski definition) is 6. The maximum atomic E-state index is 13.1. The molecule has 0 aliphatic carbocycles. The maximum absolute atomic E-state index is 13.1. The summed E-state index contributed by atoms with van der Waals surface area (Å²) in [6.45, 7) is 2.00. The molecule has 0 fully saturated rings. The molecular formula is C18H23NO6S. The molecule has 2 aromatic carbocycles. The number of rotatable bonds is 8. The fraction of sp³-hybridized carbons (Fsp3) is 0.333. The summed E-state index contributed by atoms with van der Waals surface area (Å²) in [4.78, 5) is 0.104. The van der Waals surface area contributed by atoms with E-state index in [1.165, 1.54) is 44.9 Å². The van der Waals surface area contributed by atoms with Gasteiger partial charge in [-0.2, -0.15) is 0 Å². The normalized spacial score (nSPS) is 11.0. The van der Waals surface area contributed by atoms with Crippen molar-refractivity contribution in [3.63, 3.8) is 0 Å². The third kappa shape index (κ3) is 3.65. The van der Waals surface area contributed by atoms with Gasteiger partial charge in [0.05, 0.1) is 39.0 Å². The van der Waals surface area contributed by atoms with Gasteiger partial charge in [0.1, 0.15) is 0 Å². The van der Waals surface area contributed by atoms with Gasteiger partial charge in [0, 0.05) is 18.7 Å². The van der Waals surface area contributed by atoms with Gasteiger partial charge in [0.15, 0.2) is 23.0 Å². The summed E-state index contributed by atoms with van der Waals surface area (Å²) in [6, 6.07) is 9.45. The van der Waals surface area contributed by atoms with E-state index in [-0.39, 0.29) is 11.4 Å². The molecule has 8 heteroatoms. The molecule has 0 atom stereocenters. The van der Waals surface area contributed by atoms with Crippen LogP contribution in [0.3, 0.4) is 0 Å². The van der Waals surface area contributed by atoms with Gasteiger partial charge in [-0.3, -0.25) is 4.31 Å². The predicted octanol–water partition coefficient (Wildman–Crippen LogP) is 2.94. The van der Waals surface area contributed by atoms with Crippen molar-refractivity contribution in [2.75, 3.05) is 39.3 Å². The fourth-order valence-electron chi connectivity index (χ4n) is 2.58. The van der Waals surface area contributed by atoms with Crippen molar-refractivity contribution in [2.24, 2.45) is 0 Å². The van der Waals surface area contributed by atoms with Crippen molar-refractivity contribution >= 4 is 15.7 Å². The highest BCUT2D eigenvalue weighted by Crippen LogP contribution is 2.35. The molecule has 7 nitrogen and oxygen atoms in total. The Morgan fingerprint density at radius 1 is 0.769 bits per heavy atom. The van der Waals surface area contributed by atoms with Crippen LogP contribution in [0, 0.1) is 0 Å². The van der Waals surface area contributed by atoms with Crippen LogP contribution in [-0.2, 0) is 10.0 Å². The van der Waals surface area contributed by atoms with Crippen LogP contribution < -0.4 is 23.3 Å². The Morgan fingerprint density at radius 3 is 1.77 bits per heavy atom. The van der Waals surface area contributed by atoms with E-state index >= 15 is 0 Å². The lowest BCUT2D eigenvalue weighted by Gasteiger charge is -2.24. The number of anilines is 1. The molecule has 26 heavy (non-hydrogen) atoms. The average Bonchev–Trinajstić information content (AvgIpc) is 2.67. The van der Waals surface area contributed by atoms with E-state index in [1.807, 2.05) is 0 Å². The summed E-state index contributed by atoms with van der Waals surface area (Å²) in [5, 5.41) is 0. The summed E-state index contributed by atoms with van der Waals surface area (Å²) in [5.41, 5.74) is 0.472. The first-order valence-corrected chi connectivity index (χ1v) is 9.33. The van der Waals surface area contributed by atoms with Gasteiger partial charge >= 0.3 is 0 Å². The number of hydrogen-bond donors (Lipinski definition) is 0. The molecule has 0 spiro atoms. The first-order chi connectivity index (χ1) is 12.4. The van der Waals surface area contributed by atoms with E-state index < -0.39 is 10.0 Å². The zero-order chi connectivity index (χ0) is 19.3. The summed E-state index contributed by atoms with van der Waals surface area (Å²) in [5.74, 6) is 1.78. The fourth-order valence-corrected chi connectivity index (χ4v) is 4.06. The largest absolute Gasteiger partial charge is 0.493 e. The molecule has 0 aromatic heterocycles. The molecule has 2 rings (SSSR count). The number of sulfonamides is 1. The summed E-state index contributed by atoms with van der Waals surface area (Å²) < 4.78 is 48.4. The lowest BCUT2D eigenvalue weighted by atomic mass is 10.2. The SMILES string of the molecule is CCN(c1ccc(OC)c(OC)c1)S(=O)(=O)c1ccc(OC)c(OC)c1. The molecule has 0 unspecified atom stereocenters. The van der Waals surface area contributed by atoms with Crippen LogP contribution >= 0.6 is 0 Å². The molecule has 0 amide bonds. The van der Waals surface area contributed by atoms with Crippen LogP contribution in [0.1, 0.15) is 6.92 Å². The second-order valence-corrected chi connectivity index (χ2v) is 7.09. The first-order valence-electron chi connectivity index (χ1n) is 7.89. The lowest BCUT2D eigenvalue weighted by molar-refractivity contribution is 0.354. The highest BCUT2D eigenvalue weighted by atomic mass is 32.2. The van der Waals surface area contributed by atoms with Gasteiger partial charge in [-0.1, -0.05) is 0 Å². The molecule has 0 saturated heterocycles. The van der Waals surface area contributed by atoms with Crippen molar-refractivity contribution < 1.29 is 27.4 Å². The van der Waals surface area contributed by atoms with Crippen molar-refractivity contribution in [3.05, 3.63) is 36.4 Å². The van der Waals surface area contributed by atoms with Gasteiger partial charge in [-0.25, -0.2) is 8.42 Å². The molecule has 0 heterocycles. The highest BCUT2D eigenvalue weighted by molar-refractivity contribution is 7.92. The second kappa shape index (κ2) is 8.18. The molecule has 0 radical (unpaired) electrons. The van der Waals surface area contributed by atoms with E-state index in [4.69, 9.17) is 18.9 Å². The molecule has 2 aromatic rings. The lowest BCUT2D eigenvalue weighted by Crippen LogP contribution is -2.30. The van der Waals surface area contributed by atoms with Crippen LogP contribution in [0.25, 0.3) is 0 Å². The highest BCUT2D eigenvalue weighted by Gasteiger charge is 2.26. The number of ether oxygens (including phenoxy) is 4. The summed E-state index contributed by atoms with van der Waals surface area (Å²) >= 11 is 0. The van der Waals surface area contributed by atoms with Gasteiger partial charge in [0.2, 0.25) is 0 Å². The predicted molar refractivity (Wildman–Crippen MR) is 99.3 cm³/mol. The summed E-state index contributed by atoms with van der Waals surface area (Å²) in [7, 11) is 2.17.